The van der Waals surface area contributed by atoms with Gasteiger partial charge >= 0.3 is 0 Å². The van der Waals surface area contributed by atoms with Crippen LogP contribution in [0.25, 0.3) is 0 Å². The van der Waals surface area contributed by atoms with Crippen molar-refractivity contribution in [3.63, 3.8) is 0 Å². The summed E-state index contributed by atoms with van der Waals surface area (Å²) in [5, 5.41) is 18.1. The minimum Gasteiger partial charge on any atom is -0.432 e. The van der Waals surface area contributed by atoms with E-state index in [0.29, 0.717) is 49.6 Å². The predicted molar refractivity (Wildman–Crippen MR) is 179 cm³/mol. The molecule has 12 heteroatoms. The van der Waals surface area contributed by atoms with E-state index in [1.54, 1.807) is 15.6 Å². The van der Waals surface area contributed by atoms with Gasteiger partial charge in [-0.15, -0.1) is 5.10 Å². The number of aliphatic hydroxyl groups excluding tert-OH is 1. The molecule has 46 heavy (non-hydrogen) atoms. The molecule has 0 radical (unpaired) electrons. The summed E-state index contributed by atoms with van der Waals surface area (Å²) in [7, 11) is -2.84. The van der Waals surface area contributed by atoms with Gasteiger partial charge in [0.25, 0.3) is 5.91 Å². The molecule has 0 unspecified atom stereocenters. The first-order valence-electron chi connectivity index (χ1n) is 16.4. The van der Waals surface area contributed by atoms with Crippen LogP contribution in [0, 0.1) is 5.92 Å². The quantitative estimate of drug-likeness (QED) is 0.302. The van der Waals surface area contributed by atoms with Crippen LogP contribution < -0.4 is 9.80 Å². The average Bonchev–Trinajstić information content (AvgIpc) is 3.64. The predicted octanol–water partition coefficient (Wildman–Crippen LogP) is 5.20. The molecule has 2 aromatic carbocycles. The summed E-state index contributed by atoms with van der Waals surface area (Å²) < 4.78 is 8.65. The first kappa shape index (κ1) is 32.8. The van der Waals surface area contributed by atoms with Crippen LogP contribution in [0.3, 0.4) is 0 Å². The maximum atomic E-state index is 14.8. The van der Waals surface area contributed by atoms with E-state index in [1.807, 2.05) is 67.5 Å². The number of anilines is 2. The zero-order chi connectivity index (χ0) is 32.6. The van der Waals surface area contributed by atoms with Crippen LogP contribution in [-0.4, -0.2) is 64.3 Å². The number of aryl methyl sites for hydroxylation is 1. The van der Waals surface area contributed by atoms with E-state index in [-0.39, 0.29) is 29.9 Å². The van der Waals surface area contributed by atoms with Crippen molar-refractivity contribution in [1.29, 1.82) is 0 Å². The van der Waals surface area contributed by atoms with Gasteiger partial charge in [0.15, 0.2) is 13.9 Å². The SMILES string of the molecule is C[C@@H]1[C@@H]([Si](C)(C)O)[C@H](CCn2cc(CCO)nn2)O[C@@]12C(=O)N(Cc1cccc(N3CCCCCCC3=O)c1)c1ccc(Cl)cc12. The lowest BCUT2D eigenvalue weighted by Gasteiger charge is -2.32. The van der Waals surface area contributed by atoms with Crippen molar-refractivity contribution >= 4 is 43.1 Å². The highest BCUT2D eigenvalue weighted by molar-refractivity contribution is 6.71. The lowest BCUT2D eigenvalue weighted by atomic mass is 9.82. The molecule has 246 valence electrons. The Bertz CT molecular complexity index is 1590. The molecular formula is C34H44ClN5O5Si. The summed E-state index contributed by atoms with van der Waals surface area (Å²) in [6, 6.07) is 13.4. The summed E-state index contributed by atoms with van der Waals surface area (Å²) >= 11 is 6.57. The highest BCUT2D eigenvalue weighted by Crippen LogP contribution is 2.60. The molecule has 3 aliphatic rings. The summed E-state index contributed by atoms with van der Waals surface area (Å²) in [4.78, 5) is 43.0. The minimum absolute atomic E-state index is 0.00189. The second-order valence-electron chi connectivity index (χ2n) is 13.5. The van der Waals surface area contributed by atoms with E-state index in [0.717, 1.165) is 48.2 Å². The van der Waals surface area contributed by atoms with Gasteiger partial charge in [0.05, 0.1) is 24.0 Å². The van der Waals surface area contributed by atoms with Crippen molar-refractivity contribution < 1.29 is 24.2 Å². The number of aliphatic hydroxyl groups is 1. The maximum Gasteiger partial charge on any atom is 0.264 e. The molecule has 2 saturated heterocycles. The summed E-state index contributed by atoms with van der Waals surface area (Å²) in [5.74, 6) is -0.337. The minimum atomic E-state index is -2.84. The normalized spacial score (nSPS) is 25.3. The highest BCUT2D eigenvalue weighted by atomic mass is 35.5. The molecule has 1 spiro atoms. The van der Waals surface area contributed by atoms with E-state index < -0.39 is 20.0 Å². The number of halogens is 1. The molecule has 6 rings (SSSR count). The molecule has 0 aliphatic carbocycles. The molecule has 2 amide bonds. The standard InChI is InChI=1S/C34H44ClN5O5Si/c1-23-32(46(2,3)44)30(14-17-38-22-26(15-18-41)36-37-38)45-34(23)28-20-25(35)12-13-29(28)40(33(34)43)21-24-9-8-10-27(19-24)39-16-7-5-4-6-11-31(39)42/h8-10,12-13,19-20,22-23,30,32,41,44H,4-7,11,14-18,21H2,1-3H3/t23-,30+,32-,34+/m1/s1. The van der Waals surface area contributed by atoms with Crippen molar-refractivity contribution in [3.8, 4) is 0 Å². The van der Waals surface area contributed by atoms with Crippen LogP contribution >= 0.6 is 11.6 Å². The third-order valence-electron chi connectivity index (χ3n) is 9.93. The Morgan fingerprint density at radius 2 is 1.91 bits per heavy atom. The number of carbonyl (C=O) groups excluding carboxylic acids is 2. The summed E-state index contributed by atoms with van der Waals surface area (Å²) in [5.41, 5.74) is 2.42. The van der Waals surface area contributed by atoms with Crippen LogP contribution in [0.15, 0.2) is 48.7 Å². The Balaban J connectivity index is 1.31. The summed E-state index contributed by atoms with van der Waals surface area (Å²) in [6.45, 7) is 7.33. The largest absolute Gasteiger partial charge is 0.432 e. The fraction of sp³-hybridized carbons (Fsp3) is 0.529. The van der Waals surface area contributed by atoms with Gasteiger partial charge in [0.1, 0.15) is 0 Å². The van der Waals surface area contributed by atoms with E-state index in [9.17, 15) is 19.5 Å². The Labute approximate surface area is 276 Å². The number of carbonyl (C=O) groups is 2. The molecule has 10 nitrogen and oxygen atoms in total. The second kappa shape index (κ2) is 13.2. The number of benzene rings is 2. The summed E-state index contributed by atoms with van der Waals surface area (Å²) in [6.07, 6.45) is 7.02. The Morgan fingerprint density at radius 1 is 1.11 bits per heavy atom. The molecule has 3 aliphatic heterocycles. The van der Waals surface area contributed by atoms with Crippen molar-refractivity contribution in [2.45, 2.75) is 95.3 Å². The second-order valence-corrected chi connectivity index (χ2v) is 17.9. The smallest absolute Gasteiger partial charge is 0.264 e. The number of fused-ring (bicyclic) bond motifs is 2. The van der Waals surface area contributed by atoms with Gasteiger partial charge in [-0.1, -0.05) is 48.7 Å². The van der Waals surface area contributed by atoms with Crippen LogP contribution in [0.4, 0.5) is 11.4 Å². The third-order valence-corrected chi connectivity index (χ3v) is 12.7. The van der Waals surface area contributed by atoms with E-state index in [1.165, 1.54) is 0 Å². The zero-order valence-corrected chi connectivity index (χ0v) is 28.6. The van der Waals surface area contributed by atoms with Crippen molar-refractivity contribution in [2.24, 2.45) is 5.92 Å². The zero-order valence-electron chi connectivity index (χ0n) is 26.9. The van der Waals surface area contributed by atoms with Crippen LogP contribution in [0.2, 0.25) is 23.7 Å². The van der Waals surface area contributed by atoms with Crippen LogP contribution in [0.1, 0.15) is 62.3 Å². The molecule has 1 aromatic heterocycles. The number of hydrogen-bond acceptors (Lipinski definition) is 7. The van der Waals surface area contributed by atoms with Gasteiger partial charge in [-0.05, 0) is 68.3 Å². The number of hydrogen-bond donors (Lipinski definition) is 2. The van der Waals surface area contributed by atoms with Crippen molar-refractivity contribution in [2.75, 3.05) is 23.0 Å². The van der Waals surface area contributed by atoms with Crippen LogP contribution in [-0.2, 0) is 39.4 Å². The van der Waals surface area contributed by atoms with Gasteiger partial charge in [0.2, 0.25) is 5.91 Å². The maximum absolute atomic E-state index is 14.8. The monoisotopic (exact) mass is 665 g/mol. The molecular weight excluding hydrogens is 622 g/mol. The lowest BCUT2D eigenvalue weighted by molar-refractivity contribution is -0.146. The van der Waals surface area contributed by atoms with Gasteiger partial charge < -0.3 is 24.4 Å². The number of aromatic nitrogens is 3. The first-order chi connectivity index (χ1) is 22.0. The first-order valence-corrected chi connectivity index (χ1v) is 19.8. The number of ether oxygens (including phenoxy) is 1. The van der Waals surface area contributed by atoms with Gasteiger partial charge in [0, 0.05) is 66.5 Å². The lowest BCUT2D eigenvalue weighted by Crippen LogP contribution is -2.46. The third kappa shape index (κ3) is 6.15. The molecule has 2 fully saturated rings. The number of rotatable bonds is 9. The van der Waals surface area contributed by atoms with Gasteiger partial charge in [-0.2, -0.15) is 0 Å². The van der Waals surface area contributed by atoms with Crippen LogP contribution in [0.5, 0.6) is 0 Å². The Morgan fingerprint density at radius 3 is 2.70 bits per heavy atom. The topological polar surface area (TPSA) is 121 Å². The molecule has 4 heterocycles. The fourth-order valence-corrected chi connectivity index (χ4v) is 10.6. The molecule has 3 aromatic rings. The Hall–Kier alpha value is -3.09. The van der Waals surface area contributed by atoms with E-state index in [2.05, 4.69) is 10.3 Å². The molecule has 0 saturated carbocycles. The van der Waals surface area contributed by atoms with Crippen molar-refractivity contribution in [1.82, 2.24) is 15.0 Å². The number of amides is 2. The highest BCUT2D eigenvalue weighted by Gasteiger charge is 2.66. The van der Waals surface area contributed by atoms with E-state index >= 15 is 0 Å². The van der Waals surface area contributed by atoms with Gasteiger partial charge in [-0.3, -0.25) is 14.3 Å². The molecule has 4 atom stereocenters. The molecule has 0 bridgehead atoms. The number of nitrogens with zero attached hydrogens (tertiary/aromatic N) is 5. The fourth-order valence-electron chi connectivity index (χ4n) is 7.85. The van der Waals surface area contributed by atoms with E-state index in [4.69, 9.17) is 16.3 Å². The molecule has 2 N–H and O–H groups in total. The van der Waals surface area contributed by atoms with Crippen molar-refractivity contribution in [3.05, 3.63) is 70.5 Å². The average molecular weight is 666 g/mol. The Kier molecular flexibility index (Phi) is 9.42. The van der Waals surface area contributed by atoms with Gasteiger partial charge in [-0.25, -0.2) is 0 Å².